The smallest absolute Gasteiger partial charge is 0.239 e. The Morgan fingerprint density at radius 2 is 2.06 bits per heavy atom. The highest BCUT2D eigenvalue weighted by Crippen LogP contribution is 2.11. The van der Waals surface area contributed by atoms with E-state index in [1.165, 1.54) is 5.56 Å². The molecule has 0 aliphatic carbocycles. The van der Waals surface area contributed by atoms with E-state index in [2.05, 4.69) is 12.1 Å². The highest BCUT2D eigenvalue weighted by Gasteiger charge is 2.24. The molecule has 1 aliphatic heterocycles. The number of hydrogen-bond acceptors (Lipinski definition) is 2. The molecule has 3 heteroatoms. The fraction of sp³-hybridized carbons (Fsp3) is 0.462. The highest BCUT2D eigenvalue weighted by molar-refractivity contribution is 5.82. The largest absolute Gasteiger partial charge is 0.341 e. The predicted molar refractivity (Wildman–Crippen MR) is 63.9 cm³/mol. The van der Waals surface area contributed by atoms with E-state index >= 15 is 0 Å². The van der Waals surface area contributed by atoms with Gasteiger partial charge in [-0.15, -0.1) is 0 Å². The van der Waals surface area contributed by atoms with Crippen molar-refractivity contribution in [2.75, 3.05) is 13.1 Å². The second kappa shape index (κ2) is 5.12. The molecular weight excluding hydrogens is 200 g/mol. The van der Waals surface area contributed by atoms with Crippen LogP contribution in [-0.2, 0) is 11.2 Å². The summed E-state index contributed by atoms with van der Waals surface area (Å²) in [7, 11) is 0. The van der Waals surface area contributed by atoms with E-state index < -0.39 is 0 Å². The molecule has 2 rings (SSSR count). The normalized spacial score (nSPS) is 21.2. The van der Waals surface area contributed by atoms with Gasteiger partial charge in [0.2, 0.25) is 5.91 Å². The van der Waals surface area contributed by atoms with Gasteiger partial charge in [0.1, 0.15) is 0 Å². The third-order valence-electron chi connectivity index (χ3n) is 3.09. The molecule has 1 saturated heterocycles. The summed E-state index contributed by atoms with van der Waals surface area (Å²) >= 11 is 0. The Kier molecular flexibility index (Phi) is 3.57. The van der Waals surface area contributed by atoms with Crippen molar-refractivity contribution in [2.24, 2.45) is 5.73 Å². The minimum absolute atomic E-state index is 0.113. The molecule has 1 amide bonds. The first-order valence-corrected chi connectivity index (χ1v) is 5.85. The Morgan fingerprint density at radius 3 is 2.81 bits per heavy atom. The molecule has 1 heterocycles. The third-order valence-corrected chi connectivity index (χ3v) is 3.09. The SMILES string of the molecule is N[C@@H]1CCCN(CCc2ccccc2)C1=O. The number of piperidine rings is 1. The Balaban J connectivity index is 1.88. The number of carbonyl (C=O) groups excluding carboxylic acids is 1. The maximum Gasteiger partial charge on any atom is 0.239 e. The van der Waals surface area contributed by atoms with Crippen LogP contribution < -0.4 is 5.73 Å². The van der Waals surface area contributed by atoms with Crippen molar-refractivity contribution in [3.8, 4) is 0 Å². The average Bonchev–Trinajstić information content (AvgIpc) is 2.32. The van der Waals surface area contributed by atoms with Gasteiger partial charge in [-0.05, 0) is 24.8 Å². The number of likely N-dealkylation sites (tertiary alicyclic amines) is 1. The molecular formula is C13H18N2O. The summed E-state index contributed by atoms with van der Waals surface area (Å²) in [5, 5.41) is 0. The van der Waals surface area contributed by atoms with Crippen LogP contribution in [0.4, 0.5) is 0 Å². The number of benzene rings is 1. The van der Waals surface area contributed by atoms with E-state index in [1.54, 1.807) is 0 Å². The van der Waals surface area contributed by atoms with Gasteiger partial charge in [-0.1, -0.05) is 30.3 Å². The summed E-state index contributed by atoms with van der Waals surface area (Å²) in [6.07, 6.45) is 2.78. The molecule has 1 aliphatic rings. The number of nitrogens with two attached hydrogens (primary N) is 1. The van der Waals surface area contributed by atoms with Gasteiger partial charge in [0, 0.05) is 13.1 Å². The monoisotopic (exact) mass is 218 g/mol. The van der Waals surface area contributed by atoms with E-state index in [9.17, 15) is 4.79 Å². The lowest BCUT2D eigenvalue weighted by atomic mass is 10.0. The lowest BCUT2D eigenvalue weighted by molar-refractivity contribution is -0.134. The van der Waals surface area contributed by atoms with Gasteiger partial charge in [0.15, 0.2) is 0 Å². The Morgan fingerprint density at radius 1 is 1.31 bits per heavy atom. The lowest BCUT2D eigenvalue weighted by Crippen LogP contribution is -2.48. The third kappa shape index (κ3) is 2.61. The molecule has 0 bridgehead atoms. The molecule has 0 saturated carbocycles. The van der Waals surface area contributed by atoms with Gasteiger partial charge in [0.25, 0.3) is 0 Å². The minimum atomic E-state index is -0.274. The first-order chi connectivity index (χ1) is 7.77. The standard InChI is InChI=1S/C13H18N2O/c14-12-7-4-9-15(13(12)16)10-8-11-5-2-1-3-6-11/h1-3,5-6,12H,4,7-10,14H2/t12-/m1/s1. The van der Waals surface area contributed by atoms with E-state index in [-0.39, 0.29) is 11.9 Å². The second-order valence-corrected chi connectivity index (χ2v) is 4.31. The van der Waals surface area contributed by atoms with E-state index in [0.717, 1.165) is 32.4 Å². The van der Waals surface area contributed by atoms with Crippen molar-refractivity contribution in [1.29, 1.82) is 0 Å². The van der Waals surface area contributed by atoms with Crippen LogP contribution in [0.2, 0.25) is 0 Å². The number of hydrogen-bond donors (Lipinski definition) is 1. The molecule has 1 fully saturated rings. The fourth-order valence-corrected chi connectivity index (χ4v) is 2.10. The molecule has 86 valence electrons. The second-order valence-electron chi connectivity index (χ2n) is 4.31. The molecule has 16 heavy (non-hydrogen) atoms. The van der Waals surface area contributed by atoms with Gasteiger partial charge >= 0.3 is 0 Å². The molecule has 0 spiro atoms. The van der Waals surface area contributed by atoms with Crippen LogP contribution in [0.15, 0.2) is 30.3 Å². The number of carbonyl (C=O) groups is 1. The first-order valence-electron chi connectivity index (χ1n) is 5.85. The van der Waals surface area contributed by atoms with Crippen molar-refractivity contribution in [2.45, 2.75) is 25.3 Å². The van der Waals surface area contributed by atoms with Crippen LogP contribution in [0, 0.1) is 0 Å². The lowest BCUT2D eigenvalue weighted by Gasteiger charge is -2.30. The van der Waals surface area contributed by atoms with E-state index in [1.807, 2.05) is 23.1 Å². The number of rotatable bonds is 3. The highest BCUT2D eigenvalue weighted by atomic mass is 16.2. The van der Waals surface area contributed by atoms with Gasteiger partial charge < -0.3 is 10.6 Å². The molecule has 1 aromatic rings. The van der Waals surface area contributed by atoms with Crippen LogP contribution in [0.25, 0.3) is 0 Å². The molecule has 0 radical (unpaired) electrons. The van der Waals surface area contributed by atoms with Crippen molar-refractivity contribution in [3.63, 3.8) is 0 Å². The zero-order chi connectivity index (χ0) is 11.4. The van der Waals surface area contributed by atoms with Crippen molar-refractivity contribution in [1.82, 2.24) is 4.90 Å². The quantitative estimate of drug-likeness (QED) is 0.828. The van der Waals surface area contributed by atoms with Crippen molar-refractivity contribution >= 4 is 5.91 Å². The average molecular weight is 218 g/mol. The summed E-state index contributed by atoms with van der Waals surface area (Å²) in [6, 6.07) is 9.97. The number of amides is 1. The Labute approximate surface area is 96.2 Å². The van der Waals surface area contributed by atoms with Gasteiger partial charge in [-0.25, -0.2) is 0 Å². The zero-order valence-corrected chi connectivity index (χ0v) is 9.43. The predicted octanol–water partition coefficient (Wildman–Crippen LogP) is 1.18. The Hall–Kier alpha value is -1.35. The summed E-state index contributed by atoms with van der Waals surface area (Å²) in [5.41, 5.74) is 7.02. The van der Waals surface area contributed by atoms with Crippen LogP contribution >= 0.6 is 0 Å². The van der Waals surface area contributed by atoms with E-state index in [0.29, 0.717) is 0 Å². The van der Waals surface area contributed by atoms with Gasteiger partial charge in [-0.3, -0.25) is 4.79 Å². The van der Waals surface area contributed by atoms with Crippen molar-refractivity contribution in [3.05, 3.63) is 35.9 Å². The number of nitrogens with zero attached hydrogens (tertiary/aromatic N) is 1. The Bertz CT molecular complexity index is 350. The first kappa shape index (κ1) is 11.1. The molecule has 3 nitrogen and oxygen atoms in total. The summed E-state index contributed by atoms with van der Waals surface area (Å²) in [5.74, 6) is 0.113. The molecule has 0 aromatic heterocycles. The molecule has 1 aromatic carbocycles. The molecule has 2 N–H and O–H groups in total. The maximum absolute atomic E-state index is 11.7. The topological polar surface area (TPSA) is 46.3 Å². The van der Waals surface area contributed by atoms with Crippen molar-refractivity contribution < 1.29 is 4.79 Å². The van der Waals surface area contributed by atoms with Crippen LogP contribution in [0.5, 0.6) is 0 Å². The summed E-state index contributed by atoms with van der Waals surface area (Å²) < 4.78 is 0. The molecule has 1 atom stereocenters. The summed E-state index contributed by atoms with van der Waals surface area (Å²) in [4.78, 5) is 13.6. The van der Waals surface area contributed by atoms with Crippen LogP contribution in [-0.4, -0.2) is 29.9 Å². The zero-order valence-electron chi connectivity index (χ0n) is 9.43. The van der Waals surface area contributed by atoms with Crippen LogP contribution in [0.3, 0.4) is 0 Å². The fourth-order valence-electron chi connectivity index (χ4n) is 2.10. The minimum Gasteiger partial charge on any atom is -0.341 e. The van der Waals surface area contributed by atoms with Crippen LogP contribution in [0.1, 0.15) is 18.4 Å². The maximum atomic E-state index is 11.7. The van der Waals surface area contributed by atoms with Gasteiger partial charge in [0.05, 0.1) is 6.04 Å². The van der Waals surface area contributed by atoms with E-state index in [4.69, 9.17) is 5.73 Å². The van der Waals surface area contributed by atoms with Gasteiger partial charge in [-0.2, -0.15) is 0 Å². The summed E-state index contributed by atoms with van der Waals surface area (Å²) in [6.45, 7) is 1.65. The molecule has 0 unspecified atom stereocenters.